The lowest BCUT2D eigenvalue weighted by molar-refractivity contribution is 0.0948. The van der Waals surface area contributed by atoms with Gasteiger partial charge in [-0.25, -0.2) is 0 Å². The van der Waals surface area contributed by atoms with Crippen LogP contribution in [0.25, 0.3) is 0 Å². The molecule has 0 saturated carbocycles. The molecule has 1 amide bonds. The molecule has 2 N–H and O–H groups in total. The molecule has 0 aliphatic rings. The van der Waals surface area contributed by atoms with Crippen LogP contribution in [0.5, 0.6) is 17.2 Å². The molecule has 0 saturated heterocycles. The van der Waals surface area contributed by atoms with E-state index in [4.69, 9.17) is 9.47 Å². The number of ether oxygens (including phenoxy) is 2. The van der Waals surface area contributed by atoms with Gasteiger partial charge < -0.3 is 19.9 Å². The summed E-state index contributed by atoms with van der Waals surface area (Å²) in [7, 11) is 3.08. The van der Waals surface area contributed by atoms with Crippen molar-refractivity contribution in [3.63, 3.8) is 0 Å². The van der Waals surface area contributed by atoms with Crippen molar-refractivity contribution in [2.45, 2.75) is 6.54 Å². The number of hydrogen-bond acceptors (Lipinski definition) is 4. The van der Waals surface area contributed by atoms with Crippen molar-refractivity contribution >= 4 is 5.91 Å². The van der Waals surface area contributed by atoms with Crippen LogP contribution in [0.4, 0.5) is 0 Å². The number of carbonyl (C=O) groups is 1. The Balaban J connectivity index is 2.08. The van der Waals surface area contributed by atoms with Crippen molar-refractivity contribution in [1.82, 2.24) is 5.32 Å². The van der Waals surface area contributed by atoms with Crippen molar-refractivity contribution in [3.05, 3.63) is 53.6 Å². The molecule has 110 valence electrons. The number of phenols is 1. The molecule has 21 heavy (non-hydrogen) atoms. The molecule has 5 heteroatoms. The maximum Gasteiger partial charge on any atom is 0.255 e. The summed E-state index contributed by atoms with van der Waals surface area (Å²) in [6, 6.07) is 12.0. The van der Waals surface area contributed by atoms with Gasteiger partial charge in [-0.05, 0) is 18.2 Å². The highest BCUT2D eigenvalue weighted by Crippen LogP contribution is 2.23. The van der Waals surface area contributed by atoms with E-state index in [2.05, 4.69) is 5.32 Å². The van der Waals surface area contributed by atoms with Crippen LogP contribution in [-0.2, 0) is 6.54 Å². The lowest BCUT2D eigenvalue weighted by atomic mass is 10.1. The van der Waals surface area contributed by atoms with Crippen LogP contribution >= 0.6 is 0 Å². The molecule has 0 radical (unpaired) electrons. The number of hydrogen-bond donors (Lipinski definition) is 2. The fraction of sp³-hybridized carbons (Fsp3) is 0.188. The number of methoxy groups -OCH3 is 2. The summed E-state index contributed by atoms with van der Waals surface area (Å²) in [6.07, 6.45) is 0. The first kappa shape index (κ1) is 14.7. The molecule has 2 aromatic carbocycles. The minimum absolute atomic E-state index is 0.119. The molecule has 5 nitrogen and oxygen atoms in total. The van der Waals surface area contributed by atoms with Crippen molar-refractivity contribution in [3.8, 4) is 17.2 Å². The van der Waals surface area contributed by atoms with Gasteiger partial charge in [-0.15, -0.1) is 0 Å². The minimum atomic E-state index is -0.360. The normalized spacial score (nSPS) is 10.0. The molecule has 0 bridgehead atoms. The highest BCUT2D eigenvalue weighted by atomic mass is 16.5. The Kier molecular flexibility index (Phi) is 4.66. The quantitative estimate of drug-likeness (QED) is 0.885. The number of para-hydroxylation sites is 1. The minimum Gasteiger partial charge on any atom is -0.507 e. The first-order chi connectivity index (χ1) is 10.2. The molecule has 0 unspecified atom stereocenters. The number of phenolic OH excluding ortho intramolecular Hbond substituents is 1. The van der Waals surface area contributed by atoms with Crippen LogP contribution < -0.4 is 14.8 Å². The van der Waals surface area contributed by atoms with E-state index in [1.807, 2.05) is 24.3 Å². The summed E-state index contributed by atoms with van der Waals surface area (Å²) in [4.78, 5) is 12.1. The summed E-state index contributed by atoms with van der Waals surface area (Å²) in [6.45, 7) is 0.314. The first-order valence-corrected chi connectivity index (χ1v) is 6.42. The van der Waals surface area contributed by atoms with Gasteiger partial charge in [0, 0.05) is 18.2 Å². The van der Waals surface area contributed by atoms with Gasteiger partial charge in [0.25, 0.3) is 5.91 Å². The summed E-state index contributed by atoms with van der Waals surface area (Å²) in [5.41, 5.74) is 1.06. The molecule has 0 atom stereocenters. The fourth-order valence-electron chi connectivity index (χ4n) is 1.95. The van der Waals surface area contributed by atoms with Crippen LogP contribution in [0.3, 0.4) is 0 Å². The van der Waals surface area contributed by atoms with E-state index >= 15 is 0 Å². The van der Waals surface area contributed by atoms with E-state index in [9.17, 15) is 9.90 Å². The van der Waals surface area contributed by atoms with E-state index in [0.29, 0.717) is 18.0 Å². The largest absolute Gasteiger partial charge is 0.507 e. The molecule has 0 spiro atoms. The topological polar surface area (TPSA) is 67.8 Å². The maximum atomic E-state index is 12.1. The zero-order valence-corrected chi connectivity index (χ0v) is 11.9. The lowest BCUT2D eigenvalue weighted by Gasteiger charge is -2.10. The predicted molar refractivity (Wildman–Crippen MR) is 78.8 cm³/mol. The van der Waals surface area contributed by atoms with Crippen molar-refractivity contribution in [2.24, 2.45) is 0 Å². The third kappa shape index (κ3) is 3.45. The van der Waals surface area contributed by atoms with Gasteiger partial charge in [0.2, 0.25) is 0 Å². The van der Waals surface area contributed by atoms with Gasteiger partial charge >= 0.3 is 0 Å². The number of amides is 1. The lowest BCUT2D eigenvalue weighted by Crippen LogP contribution is -2.23. The Hall–Kier alpha value is -2.69. The predicted octanol–water partition coefficient (Wildman–Crippen LogP) is 2.34. The highest BCUT2D eigenvalue weighted by Gasteiger charge is 2.12. The van der Waals surface area contributed by atoms with E-state index < -0.39 is 0 Å². The molecule has 2 aromatic rings. The standard InChI is InChI=1S/C16H17NO4/c1-20-12-7-8-13(14(18)9-12)16(19)17-10-11-5-3-4-6-15(11)21-2/h3-9,18H,10H2,1-2H3,(H,17,19). The average molecular weight is 287 g/mol. The van der Waals surface area contributed by atoms with Gasteiger partial charge in [-0.2, -0.15) is 0 Å². The Labute approximate surface area is 123 Å². The van der Waals surface area contributed by atoms with Crippen molar-refractivity contribution in [1.29, 1.82) is 0 Å². The summed E-state index contributed by atoms with van der Waals surface area (Å²) in [5, 5.41) is 12.6. The molecular weight excluding hydrogens is 270 g/mol. The Morgan fingerprint density at radius 1 is 1.14 bits per heavy atom. The van der Waals surface area contributed by atoms with E-state index in [1.165, 1.54) is 19.2 Å². The highest BCUT2D eigenvalue weighted by molar-refractivity contribution is 5.97. The van der Waals surface area contributed by atoms with Crippen LogP contribution in [0, 0.1) is 0 Å². The smallest absolute Gasteiger partial charge is 0.255 e. The number of nitrogens with one attached hydrogen (secondary N) is 1. The first-order valence-electron chi connectivity index (χ1n) is 6.42. The Bertz CT molecular complexity index is 640. The molecule has 0 aliphatic carbocycles. The van der Waals surface area contributed by atoms with Crippen molar-refractivity contribution in [2.75, 3.05) is 14.2 Å². The van der Waals surface area contributed by atoms with Gasteiger partial charge in [0.05, 0.1) is 19.8 Å². The number of carbonyl (C=O) groups excluding carboxylic acids is 1. The Morgan fingerprint density at radius 3 is 2.57 bits per heavy atom. The molecular formula is C16H17NO4. The number of benzene rings is 2. The van der Waals surface area contributed by atoms with Crippen LogP contribution in [0.15, 0.2) is 42.5 Å². The Morgan fingerprint density at radius 2 is 1.90 bits per heavy atom. The van der Waals surface area contributed by atoms with Crippen LogP contribution in [-0.4, -0.2) is 25.2 Å². The second-order valence-corrected chi connectivity index (χ2v) is 4.38. The van der Waals surface area contributed by atoms with Crippen LogP contribution in [0.1, 0.15) is 15.9 Å². The number of aromatic hydroxyl groups is 1. The average Bonchev–Trinajstić information content (AvgIpc) is 2.52. The SMILES string of the molecule is COc1ccc(C(=O)NCc2ccccc2OC)c(O)c1. The van der Waals surface area contributed by atoms with Crippen molar-refractivity contribution < 1.29 is 19.4 Å². The molecule has 0 heterocycles. The van der Waals surface area contributed by atoms with Crippen LogP contribution in [0.2, 0.25) is 0 Å². The second kappa shape index (κ2) is 6.65. The number of rotatable bonds is 5. The zero-order chi connectivity index (χ0) is 15.2. The van der Waals surface area contributed by atoms with E-state index in [-0.39, 0.29) is 17.2 Å². The van der Waals surface area contributed by atoms with Gasteiger partial charge in [-0.1, -0.05) is 18.2 Å². The fourth-order valence-corrected chi connectivity index (χ4v) is 1.95. The second-order valence-electron chi connectivity index (χ2n) is 4.38. The van der Waals surface area contributed by atoms with Gasteiger partial charge in [0.15, 0.2) is 0 Å². The third-order valence-electron chi connectivity index (χ3n) is 3.08. The summed E-state index contributed by atoms with van der Waals surface area (Å²) < 4.78 is 10.2. The van der Waals surface area contributed by atoms with E-state index in [1.54, 1.807) is 13.2 Å². The summed E-state index contributed by atoms with van der Waals surface area (Å²) in [5.74, 6) is 0.721. The zero-order valence-electron chi connectivity index (χ0n) is 11.9. The molecule has 0 aromatic heterocycles. The monoisotopic (exact) mass is 287 g/mol. The van der Waals surface area contributed by atoms with E-state index in [0.717, 1.165) is 5.56 Å². The molecule has 0 aliphatic heterocycles. The van der Waals surface area contributed by atoms with Gasteiger partial charge in [-0.3, -0.25) is 4.79 Å². The third-order valence-corrected chi connectivity index (χ3v) is 3.08. The molecule has 2 rings (SSSR count). The van der Waals surface area contributed by atoms with Gasteiger partial charge in [0.1, 0.15) is 17.2 Å². The maximum absolute atomic E-state index is 12.1. The molecule has 0 fully saturated rings. The summed E-state index contributed by atoms with van der Waals surface area (Å²) >= 11 is 0.